The molecule has 0 saturated carbocycles. The molecule has 2 heterocycles. The van der Waals surface area contributed by atoms with Gasteiger partial charge in [-0.1, -0.05) is 24.3 Å². The molecule has 0 saturated heterocycles. The Morgan fingerprint density at radius 3 is 1.52 bits per heavy atom. The highest BCUT2D eigenvalue weighted by atomic mass is 32.1. The quantitative estimate of drug-likeness (QED) is 0.323. The van der Waals surface area contributed by atoms with Crippen LogP contribution in [0.15, 0.2) is 36.4 Å². The molecule has 0 unspecified atom stereocenters. The Kier molecular flexibility index (Phi) is 4.03. The van der Waals surface area contributed by atoms with Gasteiger partial charge in [-0.05, 0) is 92.5 Å². The molecule has 5 rings (SSSR count). The largest absolute Gasteiger partial charge is 0.140 e. The van der Waals surface area contributed by atoms with Crippen LogP contribution in [0.3, 0.4) is 0 Å². The number of aryl methyl sites for hydroxylation is 4. The van der Waals surface area contributed by atoms with Gasteiger partial charge in [-0.25, -0.2) is 0 Å². The summed E-state index contributed by atoms with van der Waals surface area (Å²) >= 11 is 3.91. The van der Waals surface area contributed by atoms with Crippen molar-refractivity contribution >= 4 is 54.0 Å². The third kappa shape index (κ3) is 2.69. The highest BCUT2D eigenvalue weighted by molar-refractivity contribution is 7.19. The molecule has 0 amide bonds. The van der Waals surface area contributed by atoms with E-state index in [1.54, 1.807) is 11.1 Å². The van der Waals surface area contributed by atoms with E-state index in [4.69, 9.17) is 0 Å². The number of fused-ring (bicyclic) bond motifs is 2. The molecule has 0 spiro atoms. The van der Waals surface area contributed by atoms with Gasteiger partial charge < -0.3 is 0 Å². The van der Waals surface area contributed by atoms with Crippen LogP contribution in [0.4, 0.5) is 0 Å². The van der Waals surface area contributed by atoms with E-state index in [0.29, 0.717) is 0 Å². The second-order valence-corrected chi connectivity index (χ2v) is 10.4. The number of thiophene rings is 2. The topological polar surface area (TPSA) is 0 Å². The van der Waals surface area contributed by atoms with Gasteiger partial charge >= 0.3 is 0 Å². The maximum atomic E-state index is 2.35. The van der Waals surface area contributed by atoms with Crippen LogP contribution in [0, 0.1) is 27.7 Å². The normalized spacial score (nSPS) is 14.8. The number of rotatable bonds is 2. The van der Waals surface area contributed by atoms with Crippen molar-refractivity contribution in [3.8, 4) is 0 Å². The summed E-state index contributed by atoms with van der Waals surface area (Å²) in [5.41, 5.74) is 8.95. The summed E-state index contributed by atoms with van der Waals surface area (Å²) in [6, 6.07) is 13.9. The first-order valence-corrected chi connectivity index (χ1v) is 11.4. The summed E-state index contributed by atoms with van der Waals surface area (Å²) in [5.74, 6) is 0. The fourth-order valence-corrected chi connectivity index (χ4v) is 7.08. The Bertz CT molecular complexity index is 1130. The minimum atomic E-state index is 1.21. The van der Waals surface area contributed by atoms with Crippen LogP contribution in [0.25, 0.3) is 31.3 Å². The van der Waals surface area contributed by atoms with Crippen LogP contribution >= 0.6 is 22.7 Å². The molecule has 27 heavy (non-hydrogen) atoms. The third-order valence-electron chi connectivity index (χ3n) is 5.86. The monoisotopic (exact) mass is 388 g/mol. The lowest BCUT2D eigenvalue weighted by Gasteiger charge is -2.10. The third-order valence-corrected chi connectivity index (χ3v) is 8.00. The molecule has 4 aromatic rings. The van der Waals surface area contributed by atoms with E-state index >= 15 is 0 Å². The second-order valence-electron chi connectivity index (χ2n) is 7.88. The predicted molar refractivity (Wildman–Crippen MR) is 123 cm³/mol. The Labute approximate surface area is 169 Å². The summed E-state index contributed by atoms with van der Waals surface area (Å²) in [6.07, 6.45) is 3.69. The Balaban J connectivity index is 1.79. The van der Waals surface area contributed by atoms with Crippen LogP contribution in [-0.4, -0.2) is 0 Å². The van der Waals surface area contributed by atoms with Crippen molar-refractivity contribution in [2.75, 3.05) is 0 Å². The van der Waals surface area contributed by atoms with Gasteiger partial charge in [-0.15, -0.1) is 22.7 Å². The highest BCUT2D eigenvalue weighted by Gasteiger charge is 2.25. The van der Waals surface area contributed by atoms with Crippen molar-refractivity contribution in [2.24, 2.45) is 0 Å². The van der Waals surface area contributed by atoms with E-state index in [1.807, 2.05) is 22.7 Å². The molecule has 136 valence electrons. The van der Waals surface area contributed by atoms with Crippen LogP contribution in [0.1, 0.15) is 51.3 Å². The average molecular weight is 389 g/mol. The summed E-state index contributed by atoms with van der Waals surface area (Å²) < 4.78 is 2.87. The molecule has 2 heteroatoms. The number of allylic oxidation sites excluding steroid dienone is 2. The maximum absolute atomic E-state index is 2.35. The number of hydrogen-bond donors (Lipinski definition) is 0. The molecular weight excluding hydrogens is 364 g/mol. The molecule has 0 atom stereocenters. The highest BCUT2D eigenvalue weighted by Crippen LogP contribution is 2.49. The van der Waals surface area contributed by atoms with Crippen LogP contribution in [0.5, 0.6) is 0 Å². The van der Waals surface area contributed by atoms with Crippen molar-refractivity contribution in [3.63, 3.8) is 0 Å². The van der Waals surface area contributed by atoms with E-state index in [9.17, 15) is 0 Å². The molecular formula is C25H24S2. The second kappa shape index (κ2) is 6.32. The van der Waals surface area contributed by atoms with E-state index in [2.05, 4.69) is 64.1 Å². The molecule has 0 N–H and O–H groups in total. The van der Waals surface area contributed by atoms with Gasteiger partial charge in [0.15, 0.2) is 0 Å². The Morgan fingerprint density at radius 1 is 0.630 bits per heavy atom. The lowest BCUT2D eigenvalue weighted by Crippen LogP contribution is -1.88. The fourth-order valence-electron chi connectivity index (χ4n) is 4.70. The van der Waals surface area contributed by atoms with Gasteiger partial charge in [-0.3, -0.25) is 0 Å². The maximum Gasteiger partial charge on any atom is 0.0354 e. The van der Waals surface area contributed by atoms with Crippen molar-refractivity contribution in [2.45, 2.75) is 47.0 Å². The first kappa shape index (κ1) is 17.2. The molecule has 0 aliphatic heterocycles. The van der Waals surface area contributed by atoms with Gasteiger partial charge in [0.2, 0.25) is 0 Å². The van der Waals surface area contributed by atoms with Crippen molar-refractivity contribution in [1.29, 1.82) is 0 Å². The minimum Gasteiger partial charge on any atom is -0.140 e. The smallest absolute Gasteiger partial charge is 0.0354 e. The van der Waals surface area contributed by atoms with Crippen molar-refractivity contribution in [1.82, 2.24) is 0 Å². The zero-order chi connectivity index (χ0) is 18.7. The van der Waals surface area contributed by atoms with Crippen LogP contribution < -0.4 is 0 Å². The molecule has 0 radical (unpaired) electrons. The Hall–Kier alpha value is -1.90. The molecule has 0 nitrogen and oxygen atoms in total. The average Bonchev–Trinajstić information content (AvgIpc) is 3.27. The summed E-state index contributed by atoms with van der Waals surface area (Å²) in [5, 5.41) is 2.90. The van der Waals surface area contributed by atoms with E-state index < -0.39 is 0 Å². The van der Waals surface area contributed by atoms with Crippen molar-refractivity contribution in [3.05, 3.63) is 68.4 Å². The molecule has 2 aromatic carbocycles. The molecule has 1 aliphatic carbocycles. The number of hydrogen-bond acceptors (Lipinski definition) is 2. The Morgan fingerprint density at radius 2 is 1.07 bits per heavy atom. The van der Waals surface area contributed by atoms with Gasteiger partial charge in [0.25, 0.3) is 0 Å². The van der Waals surface area contributed by atoms with Gasteiger partial charge in [-0.2, -0.15) is 0 Å². The van der Waals surface area contributed by atoms with Crippen molar-refractivity contribution < 1.29 is 0 Å². The lowest BCUT2D eigenvalue weighted by molar-refractivity contribution is 0.942. The molecule has 1 aliphatic rings. The first-order chi connectivity index (χ1) is 13.0. The molecule has 0 fully saturated rings. The zero-order valence-corrected chi connectivity index (χ0v) is 18.0. The van der Waals surface area contributed by atoms with Gasteiger partial charge in [0, 0.05) is 29.9 Å². The summed E-state index contributed by atoms with van der Waals surface area (Å²) in [6.45, 7) is 9.00. The number of benzene rings is 2. The standard InChI is InChI=1S/C25H24S2/c1-14-8-10-20-22(12-14)26-16(3)24(20)18-6-5-7-19(18)25-17(4)27-23-13-15(2)9-11-21(23)25/h8-13H,5-7H2,1-4H3. The van der Waals surface area contributed by atoms with Gasteiger partial charge in [0.05, 0.1) is 0 Å². The lowest BCUT2D eigenvalue weighted by atomic mass is 9.93. The van der Waals surface area contributed by atoms with E-state index in [0.717, 1.165) is 0 Å². The van der Waals surface area contributed by atoms with Crippen LogP contribution in [0.2, 0.25) is 0 Å². The van der Waals surface area contributed by atoms with Gasteiger partial charge in [0.1, 0.15) is 0 Å². The van der Waals surface area contributed by atoms with E-state index in [-0.39, 0.29) is 0 Å². The SMILES string of the molecule is Cc1ccc2c(C3=C(c4c(C)sc5cc(C)ccc45)CCC3)c(C)sc2c1. The summed E-state index contributed by atoms with van der Waals surface area (Å²) in [7, 11) is 0. The van der Waals surface area contributed by atoms with E-state index in [1.165, 1.54) is 71.4 Å². The fraction of sp³-hybridized carbons (Fsp3) is 0.280. The predicted octanol–water partition coefficient (Wildman–Crippen LogP) is 8.44. The summed E-state index contributed by atoms with van der Waals surface area (Å²) in [4.78, 5) is 2.94. The molecule has 2 aromatic heterocycles. The first-order valence-electron chi connectivity index (χ1n) is 9.75. The van der Waals surface area contributed by atoms with Crippen LogP contribution in [-0.2, 0) is 0 Å². The minimum absolute atomic E-state index is 1.21. The molecule has 0 bridgehead atoms. The zero-order valence-electron chi connectivity index (χ0n) is 16.4.